The molecule has 0 fully saturated rings. The smallest absolute Gasteiger partial charge is 0.274 e. The summed E-state index contributed by atoms with van der Waals surface area (Å²) in [7, 11) is 0. The van der Waals surface area contributed by atoms with Crippen LogP contribution in [-0.4, -0.2) is 22.4 Å². The standard InChI is InChI=1S/C21H19N5O/c22-14-17-10-4-5-11-18(17)26-21(27)19-13-20(25-15-24-19)23-12-6-9-16-7-2-1-3-8-16/h1-5,7-8,10-11,13,15H,6,9,12H2,(H,26,27)(H,23,24,25). The van der Waals surface area contributed by atoms with Crippen molar-refractivity contribution in [1.82, 2.24) is 9.97 Å². The highest BCUT2D eigenvalue weighted by Gasteiger charge is 2.11. The lowest BCUT2D eigenvalue weighted by Gasteiger charge is -2.08. The summed E-state index contributed by atoms with van der Waals surface area (Å²) in [6.45, 7) is 0.740. The van der Waals surface area contributed by atoms with E-state index >= 15 is 0 Å². The quantitative estimate of drug-likeness (QED) is 0.630. The average Bonchev–Trinajstić information content (AvgIpc) is 2.72. The van der Waals surface area contributed by atoms with Gasteiger partial charge in [-0.05, 0) is 30.5 Å². The van der Waals surface area contributed by atoms with Crippen molar-refractivity contribution in [2.75, 3.05) is 17.2 Å². The van der Waals surface area contributed by atoms with Gasteiger partial charge in [-0.2, -0.15) is 5.26 Å². The normalized spacial score (nSPS) is 10.0. The summed E-state index contributed by atoms with van der Waals surface area (Å²) in [6, 6.07) is 20.8. The number of carbonyl (C=O) groups excluding carboxylic acids is 1. The molecule has 134 valence electrons. The maximum atomic E-state index is 12.4. The Balaban J connectivity index is 1.56. The number of nitriles is 1. The number of benzene rings is 2. The molecule has 0 bridgehead atoms. The molecular formula is C21H19N5O. The molecule has 3 aromatic rings. The van der Waals surface area contributed by atoms with E-state index in [1.807, 2.05) is 18.2 Å². The number of rotatable bonds is 7. The van der Waals surface area contributed by atoms with Crippen LogP contribution >= 0.6 is 0 Å². The first-order chi connectivity index (χ1) is 13.3. The van der Waals surface area contributed by atoms with Crippen molar-refractivity contribution >= 4 is 17.4 Å². The summed E-state index contributed by atoms with van der Waals surface area (Å²) < 4.78 is 0. The van der Waals surface area contributed by atoms with Crippen LogP contribution < -0.4 is 10.6 Å². The van der Waals surface area contributed by atoms with E-state index in [1.165, 1.54) is 11.9 Å². The maximum Gasteiger partial charge on any atom is 0.274 e. The minimum Gasteiger partial charge on any atom is -0.370 e. The second kappa shape index (κ2) is 9.11. The minimum absolute atomic E-state index is 0.239. The third-order valence-electron chi connectivity index (χ3n) is 3.99. The lowest BCUT2D eigenvalue weighted by atomic mass is 10.1. The minimum atomic E-state index is -0.382. The monoisotopic (exact) mass is 357 g/mol. The van der Waals surface area contributed by atoms with Gasteiger partial charge in [0.2, 0.25) is 0 Å². The van der Waals surface area contributed by atoms with Crippen LogP contribution in [0.2, 0.25) is 0 Å². The lowest BCUT2D eigenvalue weighted by molar-refractivity contribution is 0.102. The number of anilines is 2. The Kier molecular flexibility index (Phi) is 6.10. The van der Waals surface area contributed by atoms with Gasteiger partial charge in [0.25, 0.3) is 5.91 Å². The van der Waals surface area contributed by atoms with Gasteiger partial charge < -0.3 is 10.6 Å². The van der Waals surface area contributed by atoms with Crippen LogP contribution in [-0.2, 0) is 6.42 Å². The topological polar surface area (TPSA) is 90.7 Å². The summed E-state index contributed by atoms with van der Waals surface area (Å²) in [4.78, 5) is 20.6. The molecule has 0 radical (unpaired) electrons. The molecule has 1 amide bonds. The van der Waals surface area contributed by atoms with E-state index < -0.39 is 0 Å². The van der Waals surface area contributed by atoms with Crippen molar-refractivity contribution in [2.24, 2.45) is 0 Å². The van der Waals surface area contributed by atoms with Gasteiger partial charge in [0.05, 0.1) is 11.3 Å². The SMILES string of the molecule is N#Cc1ccccc1NC(=O)c1cc(NCCCc2ccccc2)ncn1. The Bertz CT molecular complexity index is 950. The van der Waals surface area contributed by atoms with Gasteiger partial charge in [0, 0.05) is 12.6 Å². The molecule has 1 aromatic heterocycles. The molecule has 6 nitrogen and oxygen atoms in total. The van der Waals surface area contributed by atoms with Gasteiger partial charge in [-0.25, -0.2) is 9.97 Å². The van der Waals surface area contributed by atoms with Crippen LogP contribution in [0.5, 0.6) is 0 Å². The number of aromatic nitrogens is 2. The molecular weight excluding hydrogens is 338 g/mol. The summed E-state index contributed by atoms with van der Waals surface area (Å²) >= 11 is 0. The molecule has 0 aliphatic carbocycles. The van der Waals surface area contributed by atoms with Crippen molar-refractivity contribution in [2.45, 2.75) is 12.8 Å². The maximum absolute atomic E-state index is 12.4. The lowest BCUT2D eigenvalue weighted by Crippen LogP contribution is -2.15. The van der Waals surface area contributed by atoms with E-state index in [9.17, 15) is 4.79 Å². The summed E-state index contributed by atoms with van der Waals surface area (Å²) in [6.07, 6.45) is 3.27. The Labute approximate surface area is 157 Å². The van der Waals surface area contributed by atoms with Crippen molar-refractivity contribution in [1.29, 1.82) is 5.26 Å². The largest absolute Gasteiger partial charge is 0.370 e. The summed E-state index contributed by atoms with van der Waals surface area (Å²) in [5, 5.41) is 15.0. The van der Waals surface area contributed by atoms with Gasteiger partial charge in [-0.3, -0.25) is 4.79 Å². The van der Waals surface area contributed by atoms with E-state index in [0.29, 0.717) is 17.1 Å². The fourth-order valence-corrected chi connectivity index (χ4v) is 2.61. The predicted molar refractivity (Wildman–Crippen MR) is 104 cm³/mol. The molecule has 2 N–H and O–H groups in total. The number of para-hydroxylation sites is 1. The van der Waals surface area contributed by atoms with E-state index in [4.69, 9.17) is 5.26 Å². The molecule has 0 spiro atoms. The molecule has 0 aliphatic heterocycles. The molecule has 0 saturated carbocycles. The second-order valence-corrected chi connectivity index (χ2v) is 5.92. The number of hydrogen-bond acceptors (Lipinski definition) is 5. The van der Waals surface area contributed by atoms with Gasteiger partial charge in [0.1, 0.15) is 23.9 Å². The molecule has 1 heterocycles. The second-order valence-electron chi connectivity index (χ2n) is 5.92. The molecule has 0 atom stereocenters. The zero-order chi connectivity index (χ0) is 18.9. The Morgan fingerprint density at radius 1 is 1.04 bits per heavy atom. The molecule has 2 aromatic carbocycles. The van der Waals surface area contributed by atoms with Crippen LogP contribution in [0.4, 0.5) is 11.5 Å². The van der Waals surface area contributed by atoms with Gasteiger partial charge in [-0.1, -0.05) is 42.5 Å². The van der Waals surface area contributed by atoms with Gasteiger partial charge in [0.15, 0.2) is 0 Å². The fourth-order valence-electron chi connectivity index (χ4n) is 2.61. The molecule has 0 saturated heterocycles. The number of nitrogens with zero attached hydrogens (tertiary/aromatic N) is 3. The van der Waals surface area contributed by atoms with Crippen LogP contribution in [0, 0.1) is 11.3 Å². The first-order valence-corrected chi connectivity index (χ1v) is 8.66. The number of nitrogens with one attached hydrogen (secondary N) is 2. The highest BCUT2D eigenvalue weighted by molar-refractivity contribution is 6.03. The van der Waals surface area contributed by atoms with Crippen LogP contribution in [0.25, 0.3) is 0 Å². The Morgan fingerprint density at radius 2 is 1.81 bits per heavy atom. The first-order valence-electron chi connectivity index (χ1n) is 8.66. The Morgan fingerprint density at radius 3 is 2.63 bits per heavy atom. The summed E-state index contributed by atoms with van der Waals surface area (Å²) in [5.74, 6) is 0.212. The van der Waals surface area contributed by atoms with Crippen LogP contribution in [0.1, 0.15) is 28.0 Å². The average molecular weight is 357 g/mol. The van der Waals surface area contributed by atoms with Gasteiger partial charge in [-0.15, -0.1) is 0 Å². The van der Waals surface area contributed by atoms with E-state index in [0.717, 1.165) is 19.4 Å². The molecule has 6 heteroatoms. The highest BCUT2D eigenvalue weighted by Crippen LogP contribution is 2.15. The van der Waals surface area contributed by atoms with Crippen LogP contribution in [0.3, 0.4) is 0 Å². The fraction of sp³-hybridized carbons (Fsp3) is 0.143. The van der Waals surface area contributed by atoms with Crippen molar-refractivity contribution in [3.05, 3.63) is 83.8 Å². The molecule has 3 rings (SSSR count). The molecule has 0 aliphatic rings. The van der Waals surface area contributed by atoms with Gasteiger partial charge >= 0.3 is 0 Å². The van der Waals surface area contributed by atoms with E-state index in [1.54, 1.807) is 30.3 Å². The van der Waals surface area contributed by atoms with Crippen molar-refractivity contribution in [3.8, 4) is 6.07 Å². The Hall–Kier alpha value is -3.72. The summed E-state index contributed by atoms with van der Waals surface area (Å²) in [5.41, 5.74) is 2.39. The number of hydrogen-bond donors (Lipinski definition) is 2. The number of amides is 1. The molecule has 0 unspecified atom stereocenters. The van der Waals surface area contributed by atoms with E-state index in [2.05, 4.69) is 38.8 Å². The van der Waals surface area contributed by atoms with Crippen molar-refractivity contribution < 1.29 is 4.79 Å². The number of aryl methyl sites for hydroxylation is 1. The van der Waals surface area contributed by atoms with Crippen LogP contribution in [0.15, 0.2) is 67.0 Å². The zero-order valence-corrected chi connectivity index (χ0v) is 14.7. The molecule has 27 heavy (non-hydrogen) atoms. The zero-order valence-electron chi connectivity index (χ0n) is 14.7. The van der Waals surface area contributed by atoms with E-state index in [-0.39, 0.29) is 11.6 Å². The third kappa shape index (κ3) is 5.13. The highest BCUT2D eigenvalue weighted by atomic mass is 16.1. The first kappa shape index (κ1) is 18.1. The number of carbonyl (C=O) groups is 1. The van der Waals surface area contributed by atoms with Crippen molar-refractivity contribution in [3.63, 3.8) is 0 Å². The third-order valence-corrected chi connectivity index (χ3v) is 3.99. The predicted octanol–water partition coefficient (Wildman–Crippen LogP) is 3.65.